The molecule has 17 heavy (non-hydrogen) atoms. The number of rotatable bonds is 2. The largest absolute Gasteiger partial charge is 0.481 e. The fourth-order valence-corrected chi connectivity index (χ4v) is 2.61. The maximum atomic E-state index is 11.9. The predicted octanol–water partition coefficient (Wildman–Crippen LogP) is 1.38. The molecule has 1 aromatic carbocycles. The topological polar surface area (TPSA) is 66.4 Å². The maximum Gasteiger partial charge on any atom is 0.313 e. The van der Waals surface area contributed by atoms with Crippen LogP contribution in [0.1, 0.15) is 34.7 Å². The minimum Gasteiger partial charge on any atom is -0.481 e. The molecule has 1 aliphatic heterocycles. The van der Waals surface area contributed by atoms with Gasteiger partial charge in [0.25, 0.3) is 5.91 Å². The van der Waals surface area contributed by atoms with Crippen LogP contribution in [-0.2, 0) is 4.79 Å². The molecule has 0 bridgehead atoms. The normalized spacial score (nSPS) is 27.2. The number of benzene rings is 1. The van der Waals surface area contributed by atoms with Crippen molar-refractivity contribution >= 4 is 11.9 Å². The number of amides is 1. The smallest absolute Gasteiger partial charge is 0.313 e. The summed E-state index contributed by atoms with van der Waals surface area (Å²) in [7, 11) is 0. The summed E-state index contributed by atoms with van der Waals surface area (Å²) < 4.78 is 0. The van der Waals surface area contributed by atoms with Crippen molar-refractivity contribution < 1.29 is 14.7 Å². The van der Waals surface area contributed by atoms with Gasteiger partial charge in [0.15, 0.2) is 0 Å². The van der Waals surface area contributed by atoms with Crippen LogP contribution in [0.15, 0.2) is 24.3 Å². The summed E-state index contributed by atoms with van der Waals surface area (Å²) in [5, 5.41) is 12.2. The van der Waals surface area contributed by atoms with E-state index in [2.05, 4.69) is 5.32 Å². The van der Waals surface area contributed by atoms with Gasteiger partial charge in [-0.3, -0.25) is 9.59 Å². The van der Waals surface area contributed by atoms with Gasteiger partial charge < -0.3 is 10.4 Å². The second kappa shape index (κ2) is 3.58. The van der Waals surface area contributed by atoms with Crippen LogP contribution >= 0.6 is 0 Å². The number of carbonyl (C=O) groups is 2. The highest BCUT2D eigenvalue weighted by atomic mass is 16.4. The number of carboxylic acid groups (broad SMARTS) is 1. The van der Waals surface area contributed by atoms with E-state index in [0.717, 1.165) is 12.8 Å². The maximum absolute atomic E-state index is 11.9. The van der Waals surface area contributed by atoms with Crippen molar-refractivity contribution in [2.45, 2.75) is 24.8 Å². The summed E-state index contributed by atoms with van der Waals surface area (Å²) in [6.07, 6.45) is 2.02. The molecule has 88 valence electrons. The summed E-state index contributed by atoms with van der Waals surface area (Å²) in [6.45, 7) is 0. The van der Waals surface area contributed by atoms with Crippen LogP contribution in [0.5, 0.6) is 0 Å². The Morgan fingerprint density at radius 1 is 1.29 bits per heavy atom. The van der Waals surface area contributed by atoms with Crippen LogP contribution in [0, 0.1) is 5.92 Å². The van der Waals surface area contributed by atoms with E-state index < -0.39 is 11.9 Å². The SMILES string of the molecule is O=C1N[C@H](C2CC2)[C@@H](C(=O)O)c2ccccc21. The molecular formula is C13H13NO3. The summed E-state index contributed by atoms with van der Waals surface area (Å²) in [5.41, 5.74) is 1.15. The van der Waals surface area contributed by atoms with E-state index in [1.807, 2.05) is 0 Å². The molecule has 1 aromatic rings. The van der Waals surface area contributed by atoms with Crippen LogP contribution in [0.25, 0.3) is 0 Å². The molecule has 1 aliphatic carbocycles. The van der Waals surface area contributed by atoms with E-state index in [0.29, 0.717) is 17.0 Å². The standard InChI is InChI=1S/C13H13NO3/c15-12-9-4-2-1-3-8(9)10(13(16)17)11(14-12)7-5-6-7/h1-4,7,10-11H,5-6H2,(H,14,15)(H,16,17)/t10-,11+/m0/s1. The number of carboxylic acids is 1. The minimum absolute atomic E-state index is 0.144. The average Bonchev–Trinajstić information content (AvgIpc) is 3.12. The minimum atomic E-state index is -0.852. The Labute approximate surface area is 98.6 Å². The van der Waals surface area contributed by atoms with Crippen LogP contribution in [-0.4, -0.2) is 23.0 Å². The third-order valence-electron chi connectivity index (χ3n) is 3.59. The van der Waals surface area contributed by atoms with Crippen molar-refractivity contribution in [3.63, 3.8) is 0 Å². The summed E-state index contributed by atoms with van der Waals surface area (Å²) in [4.78, 5) is 23.3. The van der Waals surface area contributed by atoms with Gasteiger partial charge in [0.2, 0.25) is 0 Å². The van der Waals surface area contributed by atoms with Crippen LogP contribution in [0.2, 0.25) is 0 Å². The molecule has 4 nitrogen and oxygen atoms in total. The lowest BCUT2D eigenvalue weighted by Crippen LogP contribution is -2.48. The highest BCUT2D eigenvalue weighted by Crippen LogP contribution is 2.41. The van der Waals surface area contributed by atoms with Crippen molar-refractivity contribution in [3.05, 3.63) is 35.4 Å². The van der Waals surface area contributed by atoms with Gasteiger partial charge in [-0.15, -0.1) is 0 Å². The first-order valence-electron chi connectivity index (χ1n) is 5.81. The lowest BCUT2D eigenvalue weighted by Gasteiger charge is -2.31. The fourth-order valence-electron chi connectivity index (χ4n) is 2.61. The molecule has 1 fully saturated rings. The first-order chi connectivity index (χ1) is 8.18. The Hall–Kier alpha value is -1.84. The van der Waals surface area contributed by atoms with Crippen LogP contribution in [0.3, 0.4) is 0 Å². The third kappa shape index (κ3) is 1.60. The van der Waals surface area contributed by atoms with E-state index in [9.17, 15) is 14.7 Å². The molecule has 0 aromatic heterocycles. The van der Waals surface area contributed by atoms with Crippen LogP contribution < -0.4 is 5.32 Å². The van der Waals surface area contributed by atoms with Gasteiger partial charge in [0.05, 0.1) is 0 Å². The average molecular weight is 231 g/mol. The Morgan fingerprint density at radius 2 is 2.00 bits per heavy atom. The van der Waals surface area contributed by atoms with Gasteiger partial charge in [0, 0.05) is 11.6 Å². The summed E-state index contributed by atoms with van der Waals surface area (Å²) >= 11 is 0. The van der Waals surface area contributed by atoms with Gasteiger partial charge in [0.1, 0.15) is 5.92 Å². The molecule has 0 radical (unpaired) electrons. The number of hydrogen-bond acceptors (Lipinski definition) is 2. The second-order valence-electron chi connectivity index (χ2n) is 4.74. The van der Waals surface area contributed by atoms with E-state index in [1.54, 1.807) is 24.3 Å². The first kappa shape index (κ1) is 10.3. The second-order valence-corrected chi connectivity index (χ2v) is 4.74. The Kier molecular flexibility index (Phi) is 2.18. The Bertz CT molecular complexity index is 493. The van der Waals surface area contributed by atoms with Crippen molar-refractivity contribution in [1.82, 2.24) is 5.32 Å². The number of nitrogens with one attached hydrogen (secondary N) is 1. The summed E-state index contributed by atoms with van der Waals surface area (Å²) in [5.74, 6) is -1.27. The summed E-state index contributed by atoms with van der Waals surface area (Å²) in [6, 6.07) is 6.74. The molecule has 0 saturated heterocycles. The number of fused-ring (bicyclic) bond motifs is 1. The molecule has 1 amide bonds. The van der Waals surface area contributed by atoms with E-state index in [4.69, 9.17) is 0 Å². The van der Waals surface area contributed by atoms with Gasteiger partial charge in [-0.2, -0.15) is 0 Å². The molecule has 2 N–H and O–H groups in total. The lowest BCUT2D eigenvalue weighted by molar-refractivity contribution is -0.139. The quantitative estimate of drug-likeness (QED) is 0.808. The van der Waals surface area contributed by atoms with Gasteiger partial charge in [-0.1, -0.05) is 18.2 Å². The van der Waals surface area contributed by atoms with Gasteiger partial charge >= 0.3 is 5.97 Å². The fraction of sp³-hybridized carbons (Fsp3) is 0.385. The molecular weight excluding hydrogens is 218 g/mol. The van der Waals surface area contributed by atoms with Gasteiger partial charge in [-0.05, 0) is 30.4 Å². The first-order valence-corrected chi connectivity index (χ1v) is 5.81. The number of carbonyl (C=O) groups excluding carboxylic acids is 1. The van der Waals surface area contributed by atoms with Gasteiger partial charge in [-0.25, -0.2) is 0 Å². The molecule has 1 saturated carbocycles. The van der Waals surface area contributed by atoms with Crippen molar-refractivity contribution in [1.29, 1.82) is 0 Å². The number of hydrogen-bond donors (Lipinski definition) is 2. The van der Waals surface area contributed by atoms with E-state index in [-0.39, 0.29) is 11.9 Å². The molecule has 0 unspecified atom stereocenters. The van der Waals surface area contributed by atoms with E-state index >= 15 is 0 Å². The van der Waals surface area contributed by atoms with Crippen molar-refractivity contribution in [2.75, 3.05) is 0 Å². The molecule has 2 atom stereocenters. The zero-order valence-electron chi connectivity index (χ0n) is 9.22. The third-order valence-corrected chi connectivity index (χ3v) is 3.59. The predicted molar refractivity (Wildman–Crippen MR) is 60.8 cm³/mol. The molecule has 3 rings (SSSR count). The Morgan fingerprint density at radius 3 is 2.65 bits per heavy atom. The highest BCUT2D eigenvalue weighted by Gasteiger charge is 2.45. The molecule has 2 aliphatic rings. The number of aliphatic carboxylic acids is 1. The van der Waals surface area contributed by atoms with Crippen molar-refractivity contribution in [3.8, 4) is 0 Å². The highest BCUT2D eigenvalue weighted by molar-refractivity contribution is 6.00. The Balaban J connectivity index is 2.09. The van der Waals surface area contributed by atoms with Crippen molar-refractivity contribution in [2.24, 2.45) is 5.92 Å². The van der Waals surface area contributed by atoms with Crippen LogP contribution in [0.4, 0.5) is 0 Å². The zero-order chi connectivity index (χ0) is 12.0. The lowest BCUT2D eigenvalue weighted by atomic mass is 9.82. The zero-order valence-corrected chi connectivity index (χ0v) is 9.22. The van der Waals surface area contributed by atoms with E-state index in [1.165, 1.54) is 0 Å². The molecule has 1 heterocycles. The monoisotopic (exact) mass is 231 g/mol. The molecule has 0 spiro atoms. The molecule has 4 heteroatoms.